The molecule has 0 heterocycles. The largest absolute Gasteiger partial charge is 0.427 e. The zero-order chi connectivity index (χ0) is 17.4. The van der Waals surface area contributed by atoms with E-state index in [-0.39, 0.29) is 24.8 Å². The van der Waals surface area contributed by atoms with Crippen LogP contribution in [-0.2, 0) is 9.59 Å². The zero-order valence-corrected chi connectivity index (χ0v) is 14.1. The summed E-state index contributed by atoms with van der Waals surface area (Å²) in [6.07, 6.45) is 1.75. The van der Waals surface area contributed by atoms with E-state index in [0.717, 1.165) is 11.1 Å². The maximum atomic E-state index is 11.7. The van der Waals surface area contributed by atoms with Gasteiger partial charge >= 0.3 is 11.9 Å². The van der Waals surface area contributed by atoms with Gasteiger partial charge in [-0.1, -0.05) is 35.4 Å². The Morgan fingerprint density at radius 2 is 1.00 bits per heavy atom. The van der Waals surface area contributed by atoms with E-state index >= 15 is 0 Å². The van der Waals surface area contributed by atoms with Crippen LogP contribution < -0.4 is 9.47 Å². The van der Waals surface area contributed by atoms with Crippen LogP contribution in [0.25, 0.3) is 0 Å². The summed E-state index contributed by atoms with van der Waals surface area (Å²) in [4.78, 5) is 23.5. The highest BCUT2D eigenvalue weighted by Gasteiger charge is 2.08. The Labute approximate surface area is 142 Å². The lowest BCUT2D eigenvalue weighted by Gasteiger charge is -2.06. The minimum atomic E-state index is -0.286. The fourth-order valence-electron chi connectivity index (χ4n) is 2.12. The van der Waals surface area contributed by atoms with Crippen molar-refractivity contribution in [1.82, 2.24) is 0 Å². The molecule has 4 nitrogen and oxygen atoms in total. The average Bonchev–Trinajstić information content (AvgIpc) is 2.56. The average molecular weight is 326 g/mol. The minimum absolute atomic E-state index is 0.283. The standard InChI is InChI=1S/C20H22O4/c1-15-7-11-17(12-8-15)23-19(21)5-3-4-6-20(22)24-18-13-9-16(2)10-14-18/h7-14H,3-6H2,1-2H3. The van der Waals surface area contributed by atoms with Crippen molar-refractivity contribution >= 4 is 11.9 Å². The van der Waals surface area contributed by atoms with Crippen LogP contribution in [0.5, 0.6) is 11.5 Å². The van der Waals surface area contributed by atoms with Crippen molar-refractivity contribution in [3.63, 3.8) is 0 Å². The summed E-state index contributed by atoms with van der Waals surface area (Å²) in [5.41, 5.74) is 2.23. The molecule has 0 fully saturated rings. The predicted octanol–water partition coefficient (Wildman–Crippen LogP) is 4.37. The molecule has 2 aromatic rings. The molecule has 2 aromatic carbocycles. The van der Waals surface area contributed by atoms with Gasteiger partial charge in [0.15, 0.2) is 0 Å². The first kappa shape index (κ1) is 17.7. The highest BCUT2D eigenvalue weighted by Crippen LogP contribution is 2.14. The number of carbonyl (C=O) groups is 2. The first-order valence-corrected chi connectivity index (χ1v) is 8.07. The van der Waals surface area contributed by atoms with E-state index in [9.17, 15) is 9.59 Å². The van der Waals surface area contributed by atoms with E-state index in [2.05, 4.69) is 0 Å². The molecule has 0 saturated carbocycles. The Bertz CT molecular complexity index is 610. The van der Waals surface area contributed by atoms with Crippen LogP contribution in [0.2, 0.25) is 0 Å². The van der Waals surface area contributed by atoms with Crippen LogP contribution in [0, 0.1) is 13.8 Å². The van der Waals surface area contributed by atoms with Gasteiger partial charge in [0, 0.05) is 12.8 Å². The molecule has 0 aliphatic rings. The molecular weight excluding hydrogens is 304 g/mol. The van der Waals surface area contributed by atoms with E-state index in [0.29, 0.717) is 24.3 Å². The topological polar surface area (TPSA) is 52.6 Å². The molecule has 0 aliphatic heterocycles. The van der Waals surface area contributed by atoms with Gasteiger partial charge in [-0.2, -0.15) is 0 Å². The molecule has 0 unspecified atom stereocenters. The van der Waals surface area contributed by atoms with Crippen LogP contribution in [0.3, 0.4) is 0 Å². The molecule has 0 atom stereocenters. The number of rotatable bonds is 7. The minimum Gasteiger partial charge on any atom is -0.427 e. The van der Waals surface area contributed by atoms with Crippen LogP contribution >= 0.6 is 0 Å². The van der Waals surface area contributed by atoms with Crippen LogP contribution in [0.15, 0.2) is 48.5 Å². The third-order valence-corrected chi connectivity index (χ3v) is 3.52. The lowest BCUT2D eigenvalue weighted by Crippen LogP contribution is -2.10. The molecule has 4 heteroatoms. The van der Waals surface area contributed by atoms with E-state index in [1.807, 2.05) is 38.1 Å². The molecule has 0 N–H and O–H groups in total. The van der Waals surface area contributed by atoms with Crippen LogP contribution in [0.4, 0.5) is 0 Å². The number of carbonyl (C=O) groups excluding carboxylic acids is 2. The van der Waals surface area contributed by atoms with Gasteiger partial charge in [-0.15, -0.1) is 0 Å². The number of aryl methyl sites for hydroxylation is 2. The Balaban J connectivity index is 1.63. The number of benzene rings is 2. The molecule has 0 aliphatic carbocycles. The van der Waals surface area contributed by atoms with Gasteiger partial charge in [0.25, 0.3) is 0 Å². The predicted molar refractivity (Wildman–Crippen MR) is 92.1 cm³/mol. The molecule has 24 heavy (non-hydrogen) atoms. The quantitative estimate of drug-likeness (QED) is 0.430. The molecule has 126 valence electrons. The second-order valence-corrected chi connectivity index (χ2v) is 5.78. The van der Waals surface area contributed by atoms with Gasteiger partial charge in [-0.05, 0) is 51.0 Å². The number of esters is 2. The highest BCUT2D eigenvalue weighted by molar-refractivity contribution is 5.73. The summed E-state index contributed by atoms with van der Waals surface area (Å²) in [6, 6.07) is 14.7. The number of hydrogen-bond acceptors (Lipinski definition) is 4. The summed E-state index contributed by atoms with van der Waals surface area (Å²) in [7, 11) is 0. The molecule has 0 saturated heterocycles. The Hall–Kier alpha value is -2.62. The number of ether oxygens (including phenoxy) is 2. The van der Waals surface area contributed by atoms with Crippen molar-refractivity contribution in [3.8, 4) is 11.5 Å². The van der Waals surface area contributed by atoms with E-state index in [4.69, 9.17) is 9.47 Å². The van der Waals surface area contributed by atoms with Gasteiger partial charge in [0.2, 0.25) is 0 Å². The lowest BCUT2D eigenvalue weighted by molar-refractivity contribution is -0.136. The molecule has 0 aromatic heterocycles. The molecule has 2 rings (SSSR count). The van der Waals surface area contributed by atoms with Gasteiger partial charge < -0.3 is 9.47 Å². The third-order valence-electron chi connectivity index (χ3n) is 3.52. The van der Waals surface area contributed by atoms with Gasteiger partial charge in [0.05, 0.1) is 0 Å². The van der Waals surface area contributed by atoms with E-state index < -0.39 is 0 Å². The van der Waals surface area contributed by atoms with E-state index in [1.165, 1.54) is 0 Å². The molecule has 0 spiro atoms. The van der Waals surface area contributed by atoms with Gasteiger partial charge in [0.1, 0.15) is 11.5 Å². The van der Waals surface area contributed by atoms with Crippen molar-refractivity contribution in [3.05, 3.63) is 59.7 Å². The maximum Gasteiger partial charge on any atom is 0.311 e. The SMILES string of the molecule is Cc1ccc(OC(=O)CCCCC(=O)Oc2ccc(C)cc2)cc1. The van der Waals surface area contributed by atoms with Gasteiger partial charge in [-0.3, -0.25) is 9.59 Å². The normalized spacial score (nSPS) is 10.2. The fourth-order valence-corrected chi connectivity index (χ4v) is 2.12. The van der Waals surface area contributed by atoms with E-state index in [1.54, 1.807) is 24.3 Å². The number of unbranched alkanes of at least 4 members (excludes halogenated alkanes) is 1. The molecular formula is C20H22O4. The highest BCUT2D eigenvalue weighted by atomic mass is 16.5. The summed E-state index contributed by atoms with van der Waals surface area (Å²) in [5.74, 6) is 0.519. The summed E-state index contributed by atoms with van der Waals surface area (Å²) in [5, 5.41) is 0. The first-order chi connectivity index (χ1) is 11.5. The Morgan fingerprint density at radius 1 is 0.667 bits per heavy atom. The maximum absolute atomic E-state index is 11.7. The molecule has 0 amide bonds. The second-order valence-electron chi connectivity index (χ2n) is 5.78. The fraction of sp³-hybridized carbons (Fsp3) is 0.300. The lowest BCUT2D eigenvalue weighted by atomic mass is 10.2. The third kappa shape index (κ3) is 6.24. The monoisotopic (exact) mass is 326 g/mol. The summed E-state index contributed by atoms with van der Waals surface area (Å²) < 4.78 is 10.5. The van der Waals surface area contributed by atoms with Crippen molar-refractivity contribution < 1.29 is 19.1 Å². The smallest absolute Gasteiger partial charge is 0.311 e. The Kier molecular flexibility index (Phi) is 6.55. The van der Waals surface area contributed by atoms with Crippen molar-refractivity contribution in [2.75, 3.05) is 0 Å². The van der Waals surface area contributed by atoms with Gasteiger partial charge in [-0.25, -0.2) is 0 Å². The summed E-state index contributed by atoms with van der Waals surface area (Å²) >= 11 is 0. The van der Waals surface area contributed by atoms with Crippen molar-refractivity contribution in [2.45, 2.75) is 39.5 Å². The second kappa shape index (κ2) is 8.87. The van der Waals surface area contributed by atoms with Crippen LogP contribution in [-0.4, -0.2) is 11.9 Å². The van der Waals surface area contributed by atoms with Crippen molar-refractivity contribution in [1.29, 1.82) is 0 Å². The van der Waals surface area contributed by atoms with Crippen LogP contribution in [0.1, 0.15) is 36.8 Å². The molecule has 0 radical (unpaired) electrons. The summed E-state index contributed by atoms with van der Waals surface area (Å²) in [6.45, 7) is 3.95. The zero-order valence-electron chi connectivity index (χ0n) is 14.1. The number of hydrogen-bond donors (Lipinski definition) is 0. The Morgan fingerprint density at radius 3 is 1.33 bits per heavy atom. The first-order valence-electron chi connectivity index (χ1n) is 8.07. The molecule has 0 bridgehead atoms. The van der Waals surface area contributed by atoms with Crippen molar-refractivity contribution in [2.24, 2.45) is 0 Å².